The Bertz CT molecular complexity index is 498. The van der Waals surface area contributed by atoms with E-state index in [-0.39, 0.29) is 5.54 Å². The molecule has 0 aliphatic carbocycles. The van der Waals surface area contributed by atoms with Gasteiger partial charge in [-0.05, 0) is 70.4 Å². The molecule has 0 fully saturated rings. The first-order chi connectivity index (χ1) is 10.5. The first-order valence-electron chi connectivity index (χ1n) is 7.84. The van der Waals surface area contributed by atoms with Crippen molar-refractivity contribution in [1.29, 1.82) is 0 Å². The van der Waals surface area contributed by atoms with Gasteiger partial charge in [0.25, 0.3) is 0 Å². The van der Waals surface area contributed by atoms with E-state index in [1.54, 1.807) is 0 Å². The Morgan fingerprint density at radius 2 is 1.91 bits per heavy atom. The van der Waals surface area contributed by atoms with E-state index < -0.39 is 0 Å². The minimum absolute atomic E-state index is 0.0156. The number of unbranched alkanes of at least 4 members (excludes halogenated alkanes) is 2. The lowest BCUT2D eigenvalue weighted by atomic mass is 9.91. The van der Waals surface area contributed by atoms with E-state index in [0.717, 1.165) is 38.2 Å². The summed E-state index contributed by atoms with van der Waals surface area (Å²) in [4.78, 5) is 0. The van der Waals surface area contributed by atoms with Crippen LogP contribution in [0.15, 0.2) is 24.3 Å². The predicted molar refractivity (Wildman–Crippen MR) is 98.0 cm³/mol. The number of halogens is 1. The molecule has 0 spiro atoms. The van der Waals surface area contributed by atoms with E-state index >= 15 is 0 Å². The van der Waals surface area contributed by atoms with Crippen molar-refractivity contribution in [3.8, 4) is 5.75 Å². The molecule has 3 N–H and O–H groups in total. The molecule has 0 unspecified atom stereocenters. The summed E-state index contributed by atoms with van der Waals surface area (Å²) in [7, 11) is 0. The molecule has 0 bridgehead atoms. The summed E-state index contributed by atoms with van der Waals surface area (Å²) in [6.45, 7) is 8.06. The smallest absolute Gasteiger partial charge is 0.120 e. The quantitative estimate of drug-likeness (QED) is 0.591. The molecule has 0 saturated heterocycles. The third-order valence-electron chi connectivity index (χ3n) is 3.57. The Labute approximate surface area is 139 Å². The molecule has 4 heteroatoms. The highest BCUT2D eigenvalue weighted by molar-refractivity contribution is 6.15. The van der Waals surface area contributed by atoms with E-state index in [4.69, 9.17) is 10.5 Å². The normalized spacial score (nSPS) is 14.9. The fourth-order valence-electron chi connectivity index (χ4n) is 2.66. The molecule has 1 aromatic rings. The molecule has 124 valence electrons. The average molecular weight is 325 g/mol. The summed E-state index contributed by atoms with van der Waals surface area (Å²) in [6.07, 6.45) is 7.01. The van der Waals surface area contributed by atoms with Gasteiger partial charge in [0.15, 0.2) is 0 Å². The van der Waals surface area contributed by atoms with Crippen LogP contribution >= 0.6 is 11.6 Å². The average Bonchev–Trinajstić information content (AvgIpc) is 2.48. The zero-order chi connectivity index (χ0) is 16.6. The molecule has 1 aliphatic rings. The van der Waals surface area contributed by atoms with Crippen molar-refractivity contribution in [2.24, 2.45) is 5.73 Å². The maximum atomic E-state index is 5.82. The van der Waals surface area contributed by atoms with Crippen LogP contribution in [-0.4, -0.2) is 25.1 Å². The molecule has 0 radical (unpaired) electrons. The maximum Gasteiger partial charge on any atom is 0.120 e. The van der Waals surface area contributed by atoms with E-state index in [9.17, 15) is 0 Å². The van der Waals surface area contributed by atoms with Gasteiger partial charge in [-0.3, -0.25) is 0 Å². The van der Waals surface area contributed by atoms with Crippen molar-refractivity contribution in [2.75, 3.05) is 24.9 Å². The first-order valence-corrected chi connectivity index (χ1v) is 8.60. The largest absolute Gasteiger partial charge is 0.494 e. The first kappa shape index (κ1) is 18.9. The number of nitrogens with one attached hydrogen (secondary N) is 1. The topological polar surface area (TPSA) is 47.3 Å². The van der Waals surface area contributed by atoms with Gasteiger partial charge in [-0.2, -0.15) is 0 Å². The van der Waals surface area contributed by atoms with Crippen LogP contribution in [0.4, 0.5) is 5.69 Å². The lowest BCUT2D eigenvalue weighted by molar-refractivity contribution is 0.305. The van der Waals surface area contributed by atoms with Gasteiger partial charge in [0.05, 0.1) is 12.1 Å². The summed E-state index contributed by atoms with van der Waals surface area (Å²) in [5.41, 5.74) is 9.23. The lowest BCUT2D eigenvalue weighted by Crippen LogP contribution is -2.31. The van der Waals surface area contributed by atoms with E-state index in [0.29, 0.717) is 0 Å². The summed E-state index contributed by atoms with van der Waals surface area (Å²) in [5, 5.41) is 3.53. The van der Waals surface area contributed by atoms with Crippen molar-refractivity contribution in [1.82, 2.24) is 0 Å². The summed E-state index contributed by atoms with van der Waals surface area (Å²) >= 11 is 4.64. The molecule has 22 heavy (non-hydrogen) atoms. The second-order valence-electron chi connectivity index (χ2n) is 6.08. The molecule has 2 rings (SSSR count). The van der Waals surface area contributed by atoms with Crippen molar-refractivity contribution >= 4 is 22.9 Å². The lowest BCUT2D eigenvalue weighted by Gasteiger charge is -2.31. The number of hydrogen-bond donors (Lipinski definition) is 2. The standard InChI is InChI=1S/C17H26N2O.CH3Cl/c1-13-12-17(2,3)19-16-8-7-14(11-15(13)16)20-10-6-4-5-9-18;1-2/h7-8,11-12,19H,4-6,9-10,18H2,1-3H3;1H3. The molecule has 0 amide bonds. The number of hydrogen-bond acceptors (Lipinski definition) is 3. The third-order valence-corrected chi connectivity index (χ3v) is 3.57. The van der Waals surface area contributed by atoms with Gasteiger partial charge in [0.2, 0.25) is 0 Å². The summed E-state index contributed by atoms with van der Waals surface area (Å²) < 4.78 is 5.82. The molecule has 1 aliphatic heterocycles. The van der Waals surface area contributed by atoms with Crippen molar-refractivity contribution in [3.05, 3.63) is 29.8 Å². The van der Waals surface area contributed by atoms with Gasteiger partial charge in [-0.15, -0.1) is 11.6 Å². The van der Waals surface area contributed by atoms with Crippen molar-refractivity contribution in [3.63, 3.8) is 0 Å². The zero-order valence-corrected chi connectivity index (χ0v) is 15.0. The maximum absolute atomic E-state index is 5.82. The minimum Gasteiger partial charge on any atom is -0.494 e. The fraction of sp³-hybridized carbons (Fsp3) is 0.556. The molecular weight excluding hydrogens is 296 g/mol. The van der Waals surface area contributed by atoms with E-state index in [1.165, 1.54) is 23.2 Å². The van der Waals surface area contributed by atoms with Crippen LogP contribution < -0.4 is 15.8 Å². The van der Waals surface area contributed by atoms with E-state index in [1.807, 2.05) is 6.07 Å². The van der Waals surface area contributed by atoms with Crippen molar-refractivity contribution in [2.45, 2.75) is 45.6 Å². The number of fused-ring (bicyclic) bond motifs is 1. The Kier molecular flexibility index (Phi) is 7.77. The number of allylic oxidation sites excluding steroid dienone is 1. The Morgan fingerprint density at radius 1 is 1.18 bits per heavy atom. The van der Waals surface area contributed by atoms with Gasteiger partial charge in [0.1, 0.15) is 5.75 Å². The van der Waals surface area contributed by atoms with Crippen LogP contribution in [0.2, 0.25) is 0 Å². The fourth-order valence-corrected chi connectivity index (χ4v) is 2.66. The molecule has 0 saturated carbocycles. The highest BCUT2D eigenvalue weighted by Crippen LogP contribution is 2.35. The number of anilines is 1. The second-order valence-corrected chi connectivity index (χ2v) is 6.08. The SMILES string of the molecule is CC1=CC(C)(C)Nc2ccc(OCCCCCN)cc21.CCl. The molecular formula is C18H29ClN2O. The highest BCUT2D eigenvalue weighted by Gasteiger charge is 2.22. The Balaban J connectivity index is 0.00000116. The number of ether oxygens (including phenoxy) is 1. The van der Waals surface area contributed by atoms with Crippen LogP contribution in [0, 0.1) is 0 Å². The van der Waals surface area contributed by atoms with Gasteiger partial charge in [-0.1, -0.05) is 6.08 Å². The molecule has 3 nitrogen and oxygen atoms in total. The highest BCUT2D eigenvalue weighted by atomic mass is 35.5. The molecule has 1 aromatic carbocycles. The second kappa shape index (κ2) is 9.06. The monoisotopic (exact) mass is 324 g/mol. The number of rotatable bonds is 6. The predicted octanol–water partition coefficient (Wildman–Crippen LogP) is 4.66. The van der Waals surface area contributed by atoms with Crippen molar-refractivity contribution < 1.29 is 4.74 Å². The zero-order valence-electron chi connectivity index (χ0n) is 14.2. The van der Waals surface area contributed by atoms with Crippen LogP contribution in [0.1, 0.15) is 45.6 Å². The Hall–Kier alpha value is -1.19. The van der Waals surface area contributed by atoms with Crippen LogP contribution in [0.3, 0.4) is 0 Å². The minimum atomic E-state index is 0.0156. The van der Waals surface area contributed by atoms with Gasteiger partial charge in [-0.25, -0.2) is 0 Å². The number of alkyl halides is 1. The van der Waals surface area contributed by atoms with E-state index in [2.05, 4.69) is 55.9 Å². The third kappa shape index (κ3) is 5.54. The van der Waals surface area contributed by atoms with Crippen LogP contribution in [-0.2, 0) is 0 Å². The Morgan fingerprint density at radius 3 is 2.59 bits per heavy atom. The van der Waals surface area contributed by atoms with Gasteiger partial charge >= 0.3 is 0 Å². The van der Waals surface area contributed by atoms with Gasteiger partial charge < -0.3 is 15.8 Å². The molecule has 0 aromatic heterocycles. The summed E-state index contributed by atoms with van der Waals surface area (Å²) in [5.74, 6) is 0.950. The number of benzene rings is 1. The van der Waals surface area contributed by atoms with Crippen LogP contribution in [0.5, 0.6) is 5.75 Å². The summed E-state index contributed by atoms with van der Waals surface area (Å²) in [6, 6.07) is 6.29. The molecule has 0 atom stereocenters. The number of nitrogens with two attached hydrogens (primary N) is 1. The van der Waals surface area contributed by atoms with Crippen LogP contribution in [0.25, 0.3) is 5.57 Å². The molecule has 1 heterocycles. The van der Waals surface area contributed by atoms with Gasteiger partial charge in [0, 0.05) is 17.6 Å².